The molecule has 1 aliphatic heterocycles. The van der Waals surface area contributed by atoms with E-state index in [9.17, 15) is 9.18 Å². The molecule has 1 amide bonds. The van der Waals surface area contributed by atoms with Gasteiger partial charge in [-0.1, -0.05) is 40.2 Å². The molecule has 0 fully saturated rings. The first kappa shape index (κ1) is 14.2. The Balaban J connectivity index is 1.83. The molecule has 3 nitrogen and oxygen atoms in total. The molecule has 0 saturated heterocycles. The first-order chi connectivity index (χ1) is 10.1. The number of rotatable bonds is 2. The molecule has 21 heavy (non-hydrogen) atoms. The maximum absolute atomic E-state index is 13.8. The van der Waals surface area contributed by atoms with E-state index in [4.69, 9.17) is 0 Å². The fourth-order valence-electron chi connectivity index (χ4n) is 2.54. The normalized spacial score (nSPS) is 17.1. The molecule has 0 radical (unpaired) electrons. The summed E-state index contributed by atoms with van der Waals surface area (Å²) in [5, 5.41) is 5.89. The lowest BCUT2D eigenvalue weighted by Gasteiger charge is -2.25. The minimum Gasteiger partial charge on any atom is -0.323 e. The van der Waals surface area contributed by atoms with Gasteiger partial charge in [0.2, 0.25) is 5.91 Å². The van der Waals surface area contributed by atoms with Crippen molar-refractivity contribution < 1.29 is 9.18 Å². The first-order valence-corrected chi connectivity index (χ1v) is 7.49. The highest BCUT2D eigenvalue weighted by Crippen LogP contribution is 2.26. The largest absolute Gasteiger partial charge is 0.323 e. The maximum atomic E-state index is 13.8. The molecule has 0 bridgehead atoms. The molecule has 0 spiro atoms. The van der Waals surface area contributed by atoms with E-state index in [0.717, 1.165) is 17.7 Å². The van der Waals surface area contributed by atoms with Gasteiger partial charge in [-0.25, -0.2) is 4.39 Å². The molecule has 1 aliphatic rings. The zero-order valence-electron chi connectivity index (χ0n) is 11.2. The summed E-state index contributed by atoms with van der Waals surface area (Å²) >= 11 is 3.20. The lowest BCUT2D eigenvalue weighted by atomic mass is 9.90. The van der Waals surface area contributed by atoms with Crippen LogP contribution in [0.4, 0.5) is 10.1 Å². The number of halogens is 2. The van der Waals surface area contributed by atoms with E-state index in [1.807, 2.05) is 24.3 Å². The van der Waals surface area contributed by atoms with Gasteiger partial charge in [-0.3, -0.25) is 4.79 Å². The fraction of sp³-hybridized carbons (Fsp3) is 0.188. The molecule has 0 aromatic heterocycles. The summed E-state index contributed by atoms with van der Waals surface area (Å²) in [5.41, 5.74) is 2.32. The Morgan fingerprint density at radius 3 is 2.90 bits per heavy atom. The molecule has 2 N–H and O–H groups in total. The Hall–Kier alpha value is -1.72. The Morgan fingerprint density at radius 2 is 2.10 bits per heavy atom. The highest BCUT2D eigenvalue weighted by molar-refractivity contribution is 9.10. The summed E-state index contributed by atoms with van der Waals surface area (Å²) < 4.78 is 14.5. The molecular formula is C16H14BrFN2O. The monoisotopic (exact) mass is 348 g/mol. The van der Waals surface area contributed by atoms with Crippen molar-refractivity contribution in [2.75, 3.05) is 11.9 Å². The molecule has 1 atom stereocenters. The van der Waals surface area contributed by atoms with E-state index >= 15 is 0 Å². The standard InChI is InChI=1S/C16H14BrFN2O/c17-11-5-6-15(14(18)7-11)20-16(21)13-9-19-8-10-3-1-2-4-12(10)13/h1-7,13,19H,8-9H2,(H,20,21). The molecule has 2 aromatic carbocycles. The van der Waals surface area contributed by atoms with Crippen LogP contribution in [0.3, 0.4) is 0 Å². The Labute approximate surface area is 130 Å². The van der Waals surface area contributed by atoms with Gasteiger partial charge in [-0.15, -0.1) is 0 Å². The van der Waals surface area contributed by atoms with Crippen LogP contribution in [-0.4, -0.2) is 12.5 Å². The molecule has 0 saturated carbocycles. The third-order valence-corrected chi connectivity index (χ3v) is 4.09. The topological polar surface area (TPSA) is 41.1 Å². The van der Waals surface area contributed by atoms with Crippen LogP contribution in [0.2, 0.25) is 0 Å². The summed E-state index contributed by atoms with van der Waals surface area (Å²) in [7, 11) is 0. The molecule has 108 valence electrons. The van der Waals surface area contributed by atoms with E-state index in [2.05, 4.69) is 26.6 Å². The second-order valence-corrected chi connectivity index (χ2v) is 5.91. The summed E-state index contributed by atoms with van der Waals surface area (Å²) in [4.78, 5) is 12.4. The number of hydrogen-bond donors (Lipinski definition) is 2. The van der Waals surface area contributed by atoms with Gasteiger partial charge in [0.25, 0.3) is 0 Å². The smallest absolute Gasteiger partial charge is 0.233 e. The number of anilines is 1. The highest BCUT2D eigenvalue weighted by Gasteiger charge is 2.26. The maximum Gasteiger partial charge on any atom is 0.233 e. The predicted octanol–water partition coefficient (Wildman–Crippen LogP) is 3.41. The number of benzene rings is 2. The van der Waals surface area contributed by atoms with Crippen molar-refractivity contribution in [3.8, 4) is 0 Å². The second kappa shape index (κ2) is 5.95. The number of carbonyl (C=O) groups is 1. The SMILES string of the molecule is O=C(Nc1ccc(Br)cc1F)C1CNCc2ccccc21. The summed E-state index contributed by atoms with van der Waals surface area (Å²) in [6, 6.07) is 12.4. The van der Waals surface area contributed by atoms with Gasteiger partial charge in [-0.05, 0) is 29.3 Å². The molecule has 0 aliphatic carbocycles. The van der Waals surface area contributed by atoms with Gasteiger partial charge < -0.3 is 10.6 Å². The van der Waals surface area contributed by atoms with Crippen LogP contribution in [0.1, 0.15) is 17.0 Å². The van der Waals surface area contributed by atoms with Crippen LogP contribution in [0.5, 0.6) is 0 Å². The van der Waals surface area contributed by atoms with Gasteiger partial charge in [-0.2, -0.15) is 0 Å². The van der Waals surface area contributed by atoms with Crippen molar-refractivity contribution in [2.24, 2.45) is 0 Å². The van der Waals surface area contributed by atoms with E-state index in [0.29, 0.717) is 11.0 Å². The second-order valence-electron chi connectivity index (χ2n) is 5.00. The summed E-state index contributed by atoms with van der Waals surface area (Å²) in [5.74, 6) is -0.955. The Kier molecular flexibility index (Phi) is 4.03. The zero-order chi connectivity index (χ0) is 14.8. The average Bonchev–Trinajstić information content (AvgIpc) is 2.49. The number of hydrogen-bond acceptors (Lipinski definition) is 2. The van der Waals surface area contributed by atoms with Crippen LogP contribution in [0, 0.1) is 5.82 Å². The summed E-state index contributed by atoms with van der Waals surface area (Å²) in [6.45, 7) is 1.31. The number of fused-ring (bicyclic) bond motifs is 1. The van der Waals surface area contributed by atoms with Crippen molar-refractivity contribution in [2.45, 2.75) is 12.5 Å². The third-order valence-electron chi connectivity index (χ3n) is 3.60. The quantitative estimate of drug-likeness (QED) is 0.873. The van der Waals surface area contributed by atoms with Crippen molar-refractivity contribution in [1.82, 2.24) is 5.32 Å². The minimum atomic E-state index is -0.449. The van der Waals surface area contributed by atoms with Gasteiger partial charge in [0.05, 0.1) is 11.6 Å². The van der Waals surface area contributed by atoms with E-state index < -0.39 is 5.82 Å². The molecule has 5 heteroatoms. The summed E-state index contributed by atoms with van der Waals surface area (Å²) in [6.07, 6.45) is 0. The molecule has 1 unspecified atom stereocenters. The molecular weight excluding hydrogens is 335 g/mol. The minimum absolute atomic E-state index is 0.198. The van der Waals surface area contributed by atoms with Crippen LogP contribution < -0.4 is 10.6 Å². The van der Waals surface area contributed by atoms with Crippen LogP contribution in [0.25, 0.3) is 0 Å². The Morgan fingerprint density at radius 1 is 1.29 bits per heavy atom. The van der Waals surface area contributed by atoms with Crippen molar-refractivity contribution in [3.63, 3.8) is 0 Å². The van der Waals surface area contributed by atoms with Crippen LogP contribution in [0.15, 0.2) is 46.9 Å². The molecule has 2 aromatic rings. The van der Waals surface area contributed by atoms with Crippen molar-refractivity contribution >= 4 is 27.5 Å². The van der Waals surface area contributed by atoms with E-state index in [1.165, 1.54) is 6.07 Å². The Bertz CT molecular complexity index is 690. The van der Waals surface area contributed by atoms with Crippen molar-refractivity contribution in [1.29, 1.82) is 0 Å². The van der Waals surface area contributed by atoms with E-state index in [-0.39, 0.29) is 17.5 Å². The average molecular weight is 349 g/mol. The van der Waals surface area contributed by atoms with Gasteiger partial charge in [0.15, 0.2) is 0 Å². The number of nitrogens with one attached hydrogen (secondary N) is 2. The highest BCUT2D eigenvalue weighted by atomic mass is 79.9. The van der Waals surface area contributed by atoms with Crippen LogP contribution >= 0.6 is 15.9 Å². The zero-order valence-corrected chi connectivity index (χ0v) is 12.8. The number of amides is 1. The van der Waals surface area contributed by atoms with Crippen molar-refractivity contribution in [3.05, 3.63) is 63.9 Å². The molecule has 1 heterocycles. The molecule has 3 rings (SSSR count). The first-order valence-electron chi connectivity index (χ1n) is 6.69. The lowest BCUT2D eigenvalue weighted by Crippen LogP contribution is -2.35. The number of carbonyl (C=O) groups excluding carboxylic acids is 1. The lowest BCUT2D eigenvalue weighted by molar-refractivity contribution is -0.117. The predicted molar refractivity (Wildman–Crippen MR) is 83.6 cm³/mol. The fourth-order valence-corrected chi connectivity index (χ4v) is 2.87. The van der Waals surface area contributed by atoms with E-state index in [1.54, 1.807) is 12.1 Å². The third kappa shape index (κ3) is 2.99. The van der Waals surface area contributed by atoms with Gasteiger partial charge in [0, 0.05) is 17.6 Å². The van der Waals surface area contributed by atoms with Gasteiger partial charge in [0.1, 0.15) is 5.82 Å². The van der Waals surface area contributed by atoms with Gasteiger partial charge >= 0.3 is 0 Å². The van der Waals surface area contributed by atoms with Crippen LogP contribution in [-0.2, 0) is 11.3 Å².